The molecule has 0 aliphatic carbocycles. The number of nitrogens with one attached hydrogen (secondary N) is 1. The smallest absolute Gasteiger partial charge is 0.266 e. The van der Waals surface area contributed by atoms with Crippen LogP contribution in [0.3, 0.4) is 0 Å². The van der Waals surface area contributed by atoms with Gasteiger partial charge in [-0.15, -0.1) is 10.2 Å². The minimum Gasteiger partial charge on any atom is -0.417 e. The molecule has 2 aromatic rings. The van der Waals surface area contributed by atoms with E-state index < -0.39 is 0 Å². The van der Waals surface area contributed by atoms with E-state index in [4.69, 9.17) is 4.42 Å². The number of hydrogen-bond acceptors (Lipinski definition) is 5. The zero-order valence-corrected chi connectivity index (χ0v) is 10.1. The highest BCUT2D eigenvalue weighted by Crippen LogP contribution is 2.13. The Bertz CT molecular complexity index is 510. The first-order valence-corrected chi connectivity index (χ1v) is 5.80. The molecule has 1 amide bonds. The van der Waals surface area contributed by atoms with E-state index in [1.165, 1.54) is 0 Å². The van der Waals surface area contributed by atoms with Gasteiger partial charge in [-0.25, -0.2) is 0 Å². The van der Waals surface area contributed by atoms with Crippen molar-refractivity contribution < 1.29 is 9.21 Å². The molecule has 0 saturated heterocycles. The lowest BCUT2D eigenvalue weighted by molar-refractivity contribution is -0.121. The number of amides is 1. The summed E-state index contributed by atoms with van der Waals surface area (Å²) in [6, 6.07) is 5.44. The predicted octanol–water partition coefficient (Wildman–Crippen LogP) is 1.55. The van der Waals surface area contributed by atoms with Gasteiger partial charge in [-0.2, -0.15) is 0 Å². The summed E-state index contributed by atoms with van der Waals surface area (Å²) in [6.45, 7) is 2.20. The first kappa shape index (κ1) is 12.2. The van der Waals surface area contributed by atoms with Crippen molar-refractivity contribution in [3.8, 4) is 11.6 Å². The first-order chi connectivity index (χ1) is 8.79. The van der Waals surface area contributed by atoms with Crippen LogP contribution in [0.5, 0.6) is 0 Å². The minimum absolute atomic E-state index is 0.0184. The van der Waals surface area contributed by atoms with Crippen LogP contribution >= 0.6 is 0 Å². The van der Waals surface area contributed by atoms with E-state index in [1.54, 1.807) is 12.3 Å². The molecule has 0 unspecified atom stereocenters. The fourth-order valence-electron chi connectivity index (χ4n) is 1.41. The summed E-state index contributed by atoms with van der Waals surface area (Å²) in [6.07, 6.45) is 2.97. The van der Waals surface area contributed by atoms with E-state index in [-0.39, 0.29) is 12.5 Å². The summed E-state index contributed by atoms with van der Waals surface area (Å²) >= 11 is 0. The normalized spacial score (nSPS) is 10.3. The SMILES string of the molecule is CCCC(=O)NCc1nnc(-c2ccccn2)o1. The van der Waals surface area contributed by atoms with Crippen molar-refractivity contribution in [1.29, 1.82) is 0 Å². The molecule has 2 rings (SSSR count). The molecule has 0 fully saturated rings. The molecule has 0 saturated carbocycles. The van der Waals surface area contributed by atoms with Crippen LogP contribution in [-0.4, -0.2) is 21.1 Å². The quantitative estimate of drug-likeness (QED) is 0.865. The number of aromatic nitrogens is 3. The molecule has 0 aliphatic rings. The molecule has 2 aromatic heterocycles. The fourth-order valence-corrected chi connectivity index (χ4v) is 1.41. The van der Waals surface area contributed by atoms with Crippen LogP contribution in [0.15, 0.2) is 28.8 Å². The van der Waals surface area contributed by atoms with Crippen molar-refractivity contribution in [3.05, 3.63) is 30.3 Å². The highest BCUT2D eigenvalue weighted by atomic mass is 16.4. The maximum absolute atomic E-state index is 11.3. The molecule has 0 atom stereocenters. The summed E-state index contributed by atoms with van der Waals surface area (Å²) in [7, 11) is 0. The average molecular weight is 246 g/mol. The number of hydrogen-bond donors (Lipinski definition) is 1. The molecule has 94 valence electrons. The van der Waals surface area contributed by atoms with Gasteiger partial charge in [-0.05, 0) is 18.6 Å². The monoisotopic (exact) mass is 246 g/mol. The van der Waals surface area contributed by atoms with E-state index in [9.17, 15) is 4.79 Å². The molecule has 6 nitrogen and oxygen atoms in total. The Morgan fingerprint density at radius 1 is 1.39 bits per heavy atom. The second-order valence-corrected chi connectivity index (χ2v) is 3.74. The standard InChI is InChI=1S/C12H14N4O2/c1-2-5-10(17)14-8-11-15-16-12(18-11)9-6-3-4-7-13-9/h3-4,6-7H,2,5,8H2,1H3,(H,14,17). The molecule has 0 aromatic carbocycles. The van der Waals surface area contributed by atoms with Crippen LogP contribution in [0.4, 0.5) is 0 Å². The van der Waals surface area contributed by atoms with E-state index in [1.807, 2.05) is 19.1 Å². The largest absolute Gasteiger partial charge is 0.417 e. The molecule has 0 bridgehead atoms. The Balaban J connectivity index is 1.97. The van der Waals surface area contributed by atoms with E-state index in [2.05, 4.69) is 20.5 Å². The van der Waals surface area contributed by atoms with Crippen molar-refractivity contribution in [3.63, 3.8) is 0 Å². The van der Waals surface area contributed by atoms with Gasteiger partial charge >= 0.3 is 0 Å². The summed E-state index contributed by atoms with van der Waals surface area (Å²) in [5, 5.41) is 10.4. The number of rotatable bonds is 5. The van der Waals surface area contributed by atoms with Gasteiger partial charge in [0.15, 0.2) is 0 Å². The molecule has 6 heteroatoms. The molecule has 0 spiro atoms. The molecular weight excluding hydrogens is 232 g/mol. The first-order valence-electron chi connectivity index (χ1n) is 5.80. The fraction of sp³-hybridized carbons (Fsp3) is 0.333. The third-order valence-corrected chi connectivity index (χ3v) is 2.26. The lowest BCUT2D eigenvalue weighted by atomic mass is 10.3. The summed E-state index contributed by atoms with van der Waals surface area (Å²) in [5.41, 5.74) is 0.621. The molecule has 18 heavy (non-hydrogen) atoms. The van der Waals surface area contributed by atoms with Gasteiger partial charge in [0, 0.05) is 12.6 Å². The Labute approximate surface area is 104 Å². The van der Waals surface area contributed by atoms with Gasteiger partial charge in [0.1, 0.15) is 5.69 Å². The van der Waals surface area contributed by atoms with Crippen LogP contribution < -0.4 is 5.32 Å². The van der Waals surface area contributed by atoms with Crippen molar-refractivity contribution >= 4 is 5.91 Å². The van der Waals surface area contributed by atoms with E-state index >= 15 is 0 Å². The van der Waals surface area contributed by atoms with Gasteiger partial charge < -0.3 is 9.73 Å². The number of carbonyl (C=O) groups is 1. The Morgan fingerprint density at radius 2 is 2.28 bits per heavy atom. The Hall–Kier alpha value is -2.24. The predicted molar refractivity (Wildman–Crippen MR) is 64.3 cm³/mol. The van der Waals surface area contributed by atoms with E-state index in [0.29, 0.717) is 23.9 Å². The average Bonchev–Trinajstić information content (AvgIpc) is 2.87. The topological polar surface area (TPSA) is 80.9 Å². The third-order valence-electron chi connectivity index (χ3n) is 2.26. The highest BCUT2D eigenvalue weighted by molar-refractivity contribution is 5.75. The van der Waals surface area contributed by atoms with Crippen molar-refractivity contribution in [2.45, 2.75) is 26.3 Å². The summed E-state index contributed by atoms with van der Waals surface area (Å²) in [4.78, 5) is 15.4. The number of pyridine rings is 1. The van der Waals surface area contributed by atoms with Crippen molar-refractivity contribution in [1.82, 2.24) is 20.5 Å². The van der Waals surface area contributed by atoms with E-state index in [0.717, 1.165) is 6.42 Å². The zero-order valence-electron chi connectivity index (χ0n) is 10.1. The van der Waals surface area contributed by atoms with Gasteiger partial charge in [0.2, 0.25) is 11.8 Å². The van der Waals surface area contributed by atoms with Gasteiger partial charge in [0.25, 0.3) is 5.89 Å². The van der Waals surface area contributed by atoms with Crippen molar-refractivity contribution in [2.24, 2.45) is 0 Å². The summed E-state index contributed by atoms with van der Waals surface area (Å²) in [5.74, 6) is 0.713. The minimum atomic E-state index is -0.0184. The third kappa shape index (κ3) is 3.13. The van der Waals surface area contributed by atoms with Crippen LogP contribution in [-0.2, 0) is 11.3 Å². The van der Waals surface area contributed by atoms with Gasteiger partial charge in [0.05, 0.1) is 6.54 Å². The molecule has 0 radical (unpaired) electrons. The Morgan fingerprint density at radius 3 is 3.00 bits per heavy atom. The van der Waals surface area contributed by atoms with Gasteiger partial charge in [-0.3, -0.25) is 9.78 Å². The van der Waals surface area contributed by atoms with Crippen LogP contribution in [0.25, 0.3) is 11.6 Å². The lowest BCUT2D eigenvalue weighted by Crippen LogP contribution is -2.22. The number of carbonyl (C=O) groups excluding carboxylic acids is 1. The molecule has 1 N–H and O–H groups in total. The Kier molecular flexibility index (Phi) is 4.01. The molecule has 2 heterocycles. The second kappa shape index (κ2) is 5.90. The van der Waals surface area contributed by atoms with Gasteiger partial charge in [-0.1, -0.05) is 13.0 Å². The maximum atomic E-state index is 11.3. The maximum Gasteiger partial charge on any atom is 0.266 e. The van der Waals surface area contributed by atoms with Crippen LogP contribution in [0.2, 0.25) is 0 Å². The van der Waals surface area contributed by atoms with Crippen LogP contribution in [0, 0.1) is 0 Å². The zero-order chi connectivity index (χ0) is 12.8. The molecular formula is C12H14N4O2. The van der Waals surface area contributed by atoms with Crippen molar-refractivity contribution in [2.75, 3.05) is 0 Å². The highest BCUT2D eigenvalue weighted by Gasteiger charge is 2.09. The lowest BCUT2D eigenvalue weighted by Gasteiger charge is -1.99. The molecule has 0 aliphatic heterocycles. The summed E-state index contributed by atoms with van der Waals surface area (Å²) < 4.78 is 5.40. The number of nitrogens with zero attached hydrogens (tertiary/aromatic N) is 3. The van der Waals surface area contributed by atoms with Crippen LogP contribution in [0.1, 0.15) is 25.7 Å². The second-order valence-electron chi connectivity index (χ2n) is 3.74.